The minimum atomic E-state index is -8.29. The molecule has 17 heteroatoms. The molecule has 154 valence electrons. The van der Waals surface area contributed by atoms with Crippen molar-refractivity contribution in [1.29, 1.82) is 0 Å². The summed E-state index contributed by atoms with van der Waals surface area (Å²) in [5, 5.41) is 0. The predicted octanol–water partition coefficient (Wildman–Crippen LogP) is 4.36. The Hall–Kier alpha value is -1.84. The van der Waals surface area contributed by atoms with E-state index in [-0.39, 0.29) is 0 Å². The van der Waals surface area contributed by atoms with Crippen LogP contribution in [0.4, 0.5) is 65.9 Å². The molecule has 0 aromatic rings. The average Bonchev–Trinajstić information content (AvgIpc) is 2.34. The first kappa shape index (κ1) is 24.2. The van der Waals surface area contributed by atoms with Crippen LogP contribution in [0, 0.1) is 0 Å². The number of amides is 1. The number of carbonyl (C=O) groups is 1. The van der Waals surface area contributed by atoms with Crippen molar-refractivity contribution in [2.75, 3.05) is 0 Å². The van der Waals surface area contributed by atoms with Gasteiger partial charge < -0.3 is 5.73 Å². The lowest BCUT2D eigenvalue weighted by Gasteiger charge is -2.39. The molecule has 0 aliphatic carbocycles. The standard InChI is InChI=1S/C9H2F15NO/c10-2(11)1(3(25)26)4(12,13)5(14,15)6(16,17)7(18,19)8(20,21)9(22,23)24/h(H2,25,26). The fourth-order valence-corrected chi connectivity index (χ4v) is 1.29. The third-order valence-corrected chi connectivity index (χ3v) is 2.68. The highest BCUT2D eigenvalue weighted by molar-refractivity contribution is 5.94. The van der Waals surface area contributed by atoms with Crippen molar-refractivity contribution in [1.82, 2.24) is 0 Å². The van der Waals surface area contributed by atoms with Gasteiger partial charge in [0.05, 0.1) is 0 Å². The summed E-state index contributed by atoms with van der Waals surface area (Å²) in [6.07, 6.45) is -11.8. The van der Waals surface area contributed by atoms with Crippen LogP contribution in [0.5, 0.6) is 0 Å². The van der Waals surface area contributed by atoms with Crippen LogP contribution in [-0.2, 0) is 4.79 Å². The third kappa shape index (κ3) is 3.04. The van der Waals surface area contributed by atoms with Crippen molar-refractivity contribution in [3.05, 3.63) is 11.7 Å². The summed E-state index contributed by atoms with van der Waals surface area (Å²) < 4.78 is 189. The average molecular weight is 425 g/mol. The highest BCUT2D eigenvalue weighted by Gasteiger charge is 2.91. The van der Waals surface area contributed by atoms with Gasteiger partial charge in [-0.05, 0) is 0 Å². The summed E-state index contributed by atoms with van der Waals surface area (Å²) in [6, 6.07) is 0. The topological polar surface area (TPSA) is 43.1 Å². The zero-order valence-electron chi connectivity index (χ0n) is 11.2. The van der Waals surface area contributed by atoms with E-state index in [1.807, 2.05) is 0 Å². The van der Waals surface area contributed by atoms with E-state index in [0.29, 0.717) is 0 Å². The van der Waals surface area contributed by atoms with Crippen molar-refractivity contribution in [3.8, 4) is 0 Å². The maximum absolute atomic E-state index is 13.2. The van der Waals surface area contributed by atoms with Crippen LogP contribution in [0.1, 0.15) is 0 Å². The molecule has 0 atom stereocenters. The molecule has 2 N–H and O–H groups in total. The van der Waals surface area contributed by atoms with Gasteiger partial charge >= 0.3 is 35.8 Å². The van der Waals surface area contributed by atoms with Crippen LogP contribution in [0.15, 0.2) is 11.7 Å². The molecule has 0 radical (unpaired) electrons. The molecule has 0 saturated carbocycles. The maximum atomic E-state index is 13.2. The predicted molar refractivity (Wildman–Crippen MR) is 49.2 cm³/mol. The van der Waals surface area contributed by atoms with Gasteiger partial charge in [0, 0.05) is 0 Å². The molecule has 0 saturated heterocycles. The van der Waals surface area contributed by atoms with E-state index in [4.69, 9.17) is 0 Å². The van der Waals surface area contributed by atoms with Gasteiger partial charge in [0.25, 0.3) is 12.0 Å². The van der Waals surface area contributed by atoms with Crippen molar-refractivity contribution < 1.29 is 70.7 Å². The number of hydrogen-bond acceptors (Lipinski definition) is 1. The van der Waals surface area contributed by atoms with Gasteiger partial charge in [-0.1, -0.05) is 0 Å². The van der Waals surface area contributed by atoms with Gasteiger partial charge in [0.15, 0.2) is 5.57 Å². The number of halogens is 15. The summed E-state index contributed by atoms with van der Waals surface area (Å²) in [7, 11) is 0. The van der Waals surface area contributed by atoms with Crippen molar-refractivity contribution in [2.45, 2.75) is 35.8 Å². The molecule has 1 amide bonds. The molecule has 0 spiro atoms. The Morgan fingerprint density at radius 3 is 1.12 bits per heavy atom. The van der Waals surface area contributed by atoms with Gasteiger partial charge in [0.2, 0.25) is 0 Å². The molecule has 0 bridgehead atoms. The molecule has 0 aliphatic heterocycles. The molecule has 0 aromatic heterocycles. The van der Waals surface area contributed by atoms with Crippen LogP contribution < -0.4 is 5.73 Å². The summed E-state index contributed by atoms with van der Waals surface area (Å²) in [5.74, 6) is -43.2. The zero-order chi connectivity index (χ0) is 21.7. The van der Waals surface area contributed by atoms with Gasteiger partial charge in [0.1, 0.15) is 0 Å². The van der Waals surface area contributed by atoms with E-state index in [2.05, 4.69) is 5.73 Å². The first-order chi connectivity index (χ1) is 11.0. The summed E-state index contributed by atoms with van der Waals surface area (Å²) in [4.78, 5) is 10.3. The SMILES string of the molecule is NC(=O)C(=C(F)F)C(F)(F)C(F)(F)C(F)(F)C(F)(F)C(F)(F)C(F)(F)F. The monoisotopic (exact) mass is 425 g/mol. The van der Waals surface area contributed by atoms with E-state index in [9.17, 15) is 70.7 Å². The lowest BCUT2D eigenvalue weighted by molar-refractivity contribution is -0.436. The van der Waals surface area contributed by atoms with E-state index in [0.717, 1.165) is 0 Å². The molecule has 0 fully saturated rings. The van der Waals surface area contributed by atoms with Crippen molar-refractivity contribution in [3.63, 3.8) is 0 Å². The first-order valence-electron chi connectivity index (χ1n) is 5.33. The molecule has 0 unspecified atom stereocenters. The first-order valence-corrected chi connectivity index (χ1v) is 5.33. The Bertz CT molecular complexity index is 597. The summed E-state index contributed by atoms with van der Waals surface area (Å²) in [6.45, 7) is 0. The van der Waals surface area contributed by atoms with E-state index < -0.39 is 53.3 Å². The minimum Gasteiger partial charge on any atom is -0.366 e. The summed E-state index contributed by atoms with van der Waals surface area (Å²) in [5.41, 5.74) is -0.215. The van der Waals surface area contributed by atoms with Gasteiger partial charge in [-0.2, -0.15) is 65.9 Å². The third-order valence-electron chi connectivity index (χ3n) is 2.68. The molecular formula is C9H2F15NO. The van der Waals surface area contributed by atoms with Gasteiger partial charge in [-0.15, -0.1) is 0 Å². The number of alkyl halides is 13. The highest BCUT2D eigenvalue weighted by Crippen LogP contribution is 2.61. The Balaban J connectivity index is 6.70. The minimum absolute atomic E-state index is 3.27. The smallest absolute Gasteiger partial charge is 0.366 e. The maximum Gasteiger partial charge on any atom is 0.460 e. The largest absolute Gasteiger partial charge is 0.460 e. The van der Waals surface area contributed by atoms with Gasteiger partial charge in [-0.25, -0.2) is 0 Å². The summed E-state index contributed by atoms with van der Waals surface area (Å²) >= 11 is 0. The Morgan fingerprint density at radius 2 is 0.885 bits per heavy atom. The van der Waals surface area contributed by atoms with E-state index >= 15 is 0 Å². The molecule has 2 nitrogen and oxygen atoms in total. The highest BCUT2D eigenvalue weighted by atomic mass is 19.4. The number of primary amides is 1. The van der Waals surface area contributed by atoms with E-state index in [1.165, 1.54) is 0 Å². The number of hydrogen-bond donors (Lipinski definition) is 1. The van der Waals surface area contributed by atoms with Gasteiger partial charge in [-0.3, -0.25) is 4.79 Å². The fourth-order valence-electron chi connectivity index (χ4n) is 1.29. The molecule has 0 heterocycles. The number of carbonyl (C=O) groups excluding carboxylic acids is 1. The molecule has 0 aromatic carbocycles. The fraction of sp³-hybridized carbons (Fsp3) is 0.667. The Kier molecular flexibility index (Phi) is 5.67. The lowest BCUT2D eigenvalue weighted by atomic mass is 9.90. The number of rotatable bonds is 6. The molecule has 26 heavy (non-hydrogen) atoms. The van der Waals surface area contributed by atoms with Crippen molar-refractivity contribution in [2.24, 2.45) is 5.73 Å². The second kappa shape index (κ2) is 6.11. The van der Waals surface area contributed by atoms with Crippen LogP contribution in [-0.4, -0.2) is 41.7 Å². The van der Waals surface area contributed by atoms with Crippen molar-refractivity contribution >= 4 is 5.91 Å². The molecule has 0 aliphatic rings. The molecular weight excluding hydrogens is 423 g/mol. The van der Waals surface area contributed by atoms with Crippen LogP contribution in [0.2, 0.25) is 0 Å². The Morgan fingerprint density at radius 1 is 0.577 bits per heavy atom. The number of nitrogens with two attached hydrogens (primary N) is 1. The quantitative estimate of drug-likeness (QED) is 0.499. The van der Waals surface area contributed by atoms with Crippen LogP contribution >= 0.6 is 0 Å². The van der Waals surface area contributed by atoms with E-state index in [1.54, 1.807) is 0 Å². The second-order valence-corrected chi connectivity index (χ2v) is 4.37. The Labute approximate surface area is 131 Å². The normalized spacial score (nSPS) is 15.0. The van der Waals surface area contributed by atoms with Crippen LogP contribution in [0.25, 0.3) is 0 Å². The lowest BCUT2D eigenvalue weighted by Crippen LogP contribution is -2.70. The zero-order valence-corrected chi connectivity index (χ0v) is 11.2. The second-order valence-electron chi connectivity index (χ2n) is 4.37. The van der Waals surface area contributed by atoms with Crippen LogP contribution in [0.3, 0.4) is 0 Å². The molecule has 0 rings (SSSR count).